The zero-order chi connectivity index (χ0) is 41.9. The number of methoxy groups -OCH3 is 2. The zero-order valence-electron chi connectivity index (χ0n) is 32.0. The summed E-state index contributed by atoms with van der Waals surface area (Å²) in [6.45, 7) is 7.07. The van der Waals surface area contributed by atoms with Crippen molar-refractivity contribution in [3.05, 3.63) is 113 Å². The molecule has 0 radical (unpaired) electrons. The van der Waals surface area contributed by atoms with E-state index in [1.54, 1.807) is 87.7 Å². The van der Waals surface area contributed by atoms with Crippen LogP contribution in [-0.2, 0) is 20.2 Å². The van der Waals surface area contributed by atoms with E-state index in [1.165, 1.54) is 31.4 Å². The van der Waals surface area contributed by atoms with E-state index in [4.69, 9.17) is 9.47 Å². The van der Waals surface area contributed by atoms with Gasteiger partial charge in [0.1, 0.15) is 27.8 Å². The molecule has 6 aromatic rings. The largest absolute Gasteiger partial charge is 0.505 e. The van der Waals surface area contributed by atoms with E-state index in [1.807, 2.05) is 13.8 Å². The van der Waals surface area contributed by atoms with Gasteiger partial charge in [0.25, 0.3) is 20.2 Å². The number of fused-ring (bicyclic) bond motifs is 1. The molecule has 18 heteroatoms. The van der Waals surface area contributed by atoms with E-state index in [9.17, 15) is 31.0 Å². The lowest BCUT2D eigenvalue weighted by atomic mass is 10.1. The number of hydrogen-bond acceptors (Lipinski definition) is 14. The fourth-order valence-electron chi connectivity index (χ4n) is 5.80. The van der Waals surface area contributed by atoms with Gasteiger partial charge in [-0.1, -0.05) is 0 Å². The van der Waals surface area contributed by atoms with Gasteiger partial charge in [-0.15, -0.1) is 10.2 Å². The Balaban J connectivity index is 1.25. The van der Waals surface area contributed by atoms with E-state index < -0.39 is 36.6 Å². The molecule has 0 heterocycles. The fourth-order valence-corrected chi connectivity index (χ4v) is 7.02. The minimum Gasteiger partial charge on any atom is -0.505 e. The van der Waals surface area contributed by atoms with Crippen LogP contribution >= 0.6 is 0 Å². The van der Waals surface area contributed by atoms with Crippen molar-refractivity contribution in [1.29, 1.82) is 0 Å². The number of nitrogens with one attached hydrogen (secondary N) is 1. The van der Waals surface area contributed by atoms with E-state index in [0.29, 0.717) is 50.7 Å². The first-order valence-corrected chi connectivity index (χ1v) is 20.1. The van der Waals surface area contributed by atoms with Crippen molar-refractivity contribution in [1.82, 2.24) is 0 Å². The van der Waals surface area contributed by atoms with Gasteiger partial charge < -0.3 is 19.9 Å². The van der Waals surface area contributed by atoms with Crippen LogP contribution in [0.15, 0.2) is 131 Å². The monoisotopic (exact) mass is 823 g/mol. The first-order chi connectivity index (χ1) is 27.4. The predicted octanol–water partition coefficient (Wildman–Crippen LogP) is 11.3. The Morgan fingerprint density at radius 2 is 1.07 bits per heavy atom. The van der Waals surface area contributed by atoms with Crippen molar-refractivity contribution in [3.8, 4) is 17.2 Å². The van der Waals surface area contributed by atoms with Crippen molar-refractivity contribution in [2.45, 2.75) is 37.5 Å². The van der Waals surface area contributed by atoms with Gasteiger partial charge in [0.15, 0.2) is 5.75 Å². The summed E-state index contributed by atoms with van der Waals surface area (Å²) in [6, 6.07) is 24.1. The average Bonchev–Trinajstić information content (AvgIpc) is 3.17. The van der Waals surface area contributed by atoms with E-state index in [2.05, 4.69) is 36.0 Å². The van der Waals surface area contributed by atoms with Crippen LogP contribution in [0.3, 0.4) is 0 Å². The van der Waals surface area contributed by atoms with Crippen LogP contribution in [0.2, 0.25) is 0 Å². The highest BCUT2D eigenvalue weighted by atomic mass is 32.2. The first-order valence-electron chi connectivity index (χ1n) is 17.3. The highest BCUT2D eigenvalue weighted by Crippen LogP contribution is 2.44. The molecular weight excluding hydrogens is 787 g/mol. The van der Waals surface area contributed by atoms with Gasteiger partial charge in [0.05, 0.1) is 41.9 Å². The molecule has 0 aromatic heterocycles. The third-order valence-corrected chi connectivity index (χ3v) is 10.7. The van der Waals surface area contributed by atoms with Gasteiger partial charge in [-0.05, 0) is 140 Å². The lowest BCUT2D eigenvalue weighted by molar-refractivity contribution is 0.415. The molecular formula is C40H37N7O9S2. The van der Waals surface area contributed by atoms with Crippen LogP contribution in [0.4, 0.5) is 45.5 Å². The first kappa shape index (κ1) is 41.0. The Morgan fingerprint density at radius 1 is 0.534 bits per heavy atom. The second-order valence-electron chi connectivity index (χ2n) is 13.1. The summed E-state index contributed by atoms with van der Waals surface area (Å²) >= 11 is 0. The molecule has 0 saturated carbocycles. The molecule has 6 aromatic carbocycles. The molecule has 0 aliphatic heterocycles. The molecule has 0 unspecified atom stereocenters. The predicted molar refractivity (Wildman–Crippen MR) is 219 cm³/mol. The highest BCUT2D eigenvalue weighted by Gasteiger charge is 2.23. The summed E-state index contributed by atoms with van der Waals surface area (Å²) in [6.07, 6.45) is 0. The van der Waals surface area contributed by atoms with Crippen molar-refractivity contribution in [2.75, 3.05) is 19.5 Å². The molecule has 0 atom stereocenters. The molecule has 0 aliphatic rings. The number of hydrogen-bond donors (Lipinski definition) is 4. The topological polar surface area (TPSA) is 234 Å². The number of azo groups is 3. The molecule has 58 heavy (non-hydrogen) atoms. The smallest absolute Gasteiger partial charge is 0.296 e. The van der Waals surface area contributed by atoms with E-state index >= 15 is 0 Å². The van der Waals surface area contributed by atoms with Gasteiger partial charge in [0, 0.05) is 22.8 Å². The van der Waals surface area contributed by atoms with Crippen LogP contribution in [0.5, 0.6) is 17.2 Å². The lowest BCUT2D eigenvalue weighted by Gasteiger charge is -2.12. The van der Waals surface area contributed by atoms with E-state index in [-0.39, 0.29) is 21.7 Å². The second-order valence-corrected chi connectivity index (χ2v) is 15.9. The van der Waals surface area contributed by atoms with Crippen LogP contribution in [-0.4, -0.2) is 45.3 Å². The van der Waals surface area contributed by atoms with Gasteiger partial charge in [0.2, 0.25) is 0 Å². The van der Waals surface area contributed by atoms with Crippen LogP contribution in [0.1, 0.15) is 22.3 Å². The number of phenols is 1. The molecule has 0 spiro atoms. The van der Waals surface area contributed by atoms with Gasteiger partial charge in [-0.2, -0.15) is 37.3 Å². The Bertz CT molecular complexity index is 2900. The summed E-state index contributed by atoms with van der Waals surface area (Å²) in [7, 11) is -6.24. The lowest BCUT2D eigenvalue weighted by Crippen LogP contribution is -1.99. The number of rotatable bonds is 12. The van der Waals surface area contributed by atoms with E-state index in [0.717, 1.165) is 16.8 Å². The number of aryl methyl sites for hydroxylation is 4. The number of nitrogens with zero attached hydrogens (tertiary/aromatic N) is 6. The third-order valence-electron chi connectivity index (χ3n) is 8.97. The van der Waals surface area contributed by atoms with Crippen LogP contribution in [0.25, 0.3) is 10.8 Å². The van der Waals surface area contributed by atoms with Gasteiger partial charge in [-0.3, -0.25) is 9.11 Å². The number of anilines is 2. The molecule has 0 fully saturated rings. The number of ether oxygens (including phenoxy) is 2. The molecule has 0 saturated heterocycles. The number of aromatic hydroxyl groups is 1. The van der Waals surface area contributed by atoms with Crippen molar-refractivity contribution in [3.63, 3.8) is 0 Å². The Hall–Kier alpha value is -6.60. The second kappa shape index (κ2) is 16.5. The quantitative estimate of drug-likeness (QED) is 0.0673. The molecule has 298 valence electrons. The summed E-state index contributed by atoms with van der Waals surface area (Å²) in [5, 5.41) is 40.8. The third kappa shape index (κ3) is 9.16. The number of benzene rings is 6. The maximum absolute atomic E-state index is 12.5. The normalized spacial score (nSPS) is 12.3. The van der Waals surface area contributed by atoms with Gasteiger partial charge in [-0.25, -0.2) is 0 Å². The minimum atomic E-state index is -4.87. The standard InChI is InChI=1S/C40H37N7O9S2/c1-22-15-30(57(49,50)51)12-14-32(22)42-43-33-16-24(3)34(17-23(33)2)44-45-35-21-37(56-6)36(18-25(35)4)46-47-39-38(58(52,53)54)20-26-19-28(9-13-31(26)40(39)48)41-27-7-10-29(55-5)11-8-27/h7-21,41,48H,1-6H3,(H,49,50,51)(H,52,53,54). The molecule has 0 amide bonds. The minimum absolute atomic E-state index is 0.184. The molecule has 0 bridgehead atoms. The Morgan fingerprint density at radius 3 is 1.62 bits per heavy atom. The molecule has 0 aliphatic carbocycles. The van der Waals surface area contributed by atoms with Gasteiger partial charge >= 0.3 is 0 Å². The summed E-state index contributed by atoms with van der Waals surface area (Å²) < 4.78 is 78.2. The van der Waals surface area contributed by atoms with Crippen LogP contribution < -0.4 is 14.8 Å². The maximum Gasteiger partial charge on any atom is 0.296 e. The summed E-state index contributed by atoms with van der Waals surface area (Å²) in [5.74, 6) is 0.391. The average molecular weight is 824 g/mol. The summed E-state index contributed by atoms with van der Waals surface area (Å²) in [4.78, 5) is -0.880. The van der Waals surface area contributed by atoms with Crippen molar-refractivity contribution >= 4 is 76.5 Å². The summed E-state index contributed by atoms with van der Waals surface area (Å²) in [5.41, 5.74) is 5.65. The SMILES string of the molecule is COc1ccc(Nc2ccc3c(O)c(N=Nc4cc(C)c(N=Nc5cc(C)c(N=Nc6ccc(S(=O)(=O)O)cc6C)cc5C)cc4OC)c(S(=O)(=O)O)cc3c2)cc1. The molecule has 16 nitrogen and oxygen atoms in total. The van der Waals surface area contributed by atoms with Crippen molar-refractivity contribution < 1.29 is 40.5 Å². The zero-order valence-corrected chi connectivity index (χ0v) is 33.6. The highest BCUT2D eigenvalue weighted by molar-refractivity contribution is 7.86. The molecule has 4 N–H and O–H groups in total. The Labute approximate surface area is 334 Å². The number of phenolic OH excluding ortho intramolecular Hbond substituents is 1. The Kier molecular flexibility index (Phi) is 11.7. The van der Waals surface area contributed by atoms with Crippen LogP contribution in [0, 0.1) is 27.7 Å². The maximum atomic E-state index is 12.5. The fraction of sp³-hybridized carbons (Fsp3) is 0.150. The van der Waals surface area contributed by atoms with Crippen molar-refractivity contribution in [2.24, 2.45) is 30.7 Å². The molecule has 6 rings (SSSR count).